The number of carbonyl (C=O) groups is 2. The van der Waals surface area contributed by atoms with Crippen molar-refractivity contribution in [2.45, 2.75) is 59.7 Å². The number of nitrogens with zero attached hydrogens (tertiary/aromatic N) is 2. The molecule has 3 aliphatic carbocycles. The van der Waals surface area contributed by atoms with Crippen molar-refractivity contribution >= 4 is 19.6 Å². The van der Waals surface area contributed by atoms with Crippen LogP contribution in [-0.2, 0) is 9.59 Å². The van der Waals surface area contributed by atoms with E-state index in [-0.39, 0.29) is 28.6 Å². The van der Waals surface area contributed by atoms with E-state index in [0.29, 0.717) is 6.42 Å². The molecule has 30 heavy (non-hydrogen) atoms. The summed E-state index contributed by atoms with van der Waals surface area (Å²) in [5.74, 6) is 2.91. The molecule has 0 saturated heterocycles. The fourth-order valence-corrected chi connectivity index (χ4v) is 6.22. The Kier molecular flexibility index (Phi) is 5.09. The SMILES string of the molecule is CC1(C)C(=O)C(C#N)=C[C@]2(C)C3=CC(=O)C(C#N)=C[C@]3(CC#C[Si](C)(C)C)CC[C@@H]12. The normalized spacial score (nSPS) is 32.1. The van der Waals surface area contributed by atoms with Crippen LogP contribution in [0.4, 0.5) is 0 Å². The van der Waals surface area contributed by atoms with Crippen LogP contribution >= 0.6 is 0 Å². The number of hydrogen-bond acceptors (Lipinski definition) is 4. The van der Waals surface area contributed by atoms with Gasteiger partial charge in [0.25, 0.3) is 0 Å². The molecule has 0 aliphatic heterocycles. The average Bonchev–Trinajstić information content (AvgIpc) is 2.64. The van der Waals surface area contributed by atoms with Gasteiger partial charge in [-0.25, -0.2) is 0 Å². The summed E-state index contributed by atoms with van der Waals surface area (Å²) in [6.45, 7) is 12.4. The van der Waals surface area contributed by atoms with Crippen molar-refractivity contribution in [1.29, 1.82) is 10.5 Å². The van der Waals surface area contributed by atoms with E-state index in [9.17, 15) is 20.1 Å². The lowest BCUT2D eigenvalue weighted by Gasteiger charge is -2.57. The average molecular weight is 417 g/mol. The minimum Gasteiger partial charge on any atom is -0.293 e. The van der Waals surface area contributed by atoms with Gasteiger partial charge in [-0.1, -0.05) is 52.6 Å². The van der Waals surface area contributed by atoms with Crippen molar-refractivity contribution in [3.05, 3.63) is 34.9 Å². The van der Waals surface area contributed by atoms with Gasteiger partial charge in [0.15, 0.2) is 11.6 Å². The van der Waals surface area contributed by atoms with Crippen LogP contribution in [0, 0.1) is 56.3 Å². The molecule has 1 saturated carbocycles. The standard InChI is InChI=1S/C25H28N2O2Si/c1-23(2)20-8-10-25(9-7-11-30(4,5)6)14-17(15-26)19(28)12-21(25)24(20,3)13-18(16-27)22(23)29/h12-14,20H,8-10H2,1-6H3/t20-,24-,25-/m0/s1. The zero-order valence-electron chi connectivity index (χ0n) is 18.6. The summed E-state index contributed by atoms with van der Waals surface area (Å²) in [6, 6.07) is 4.13. The predicted octanol–water partition coefficient (Wildman–Crippen LogP) is 4.68. The maximum Gasteiger partial charge on any atom is 0.196 e. The minimum atomic E-state index is -1.58. The highest BCUT2D eigenvalue weighted by Gasteiger charge is 2.59. The maximum atomic E-state index is 12.9. The zero-order chi connectivity index (χ0) is 22.5. The molecule has 154 valence electrons. The summed E-state index contributed by atoms with van der Waals surface area (Å²) < 4.78 is 0. The van der Waals surface area contributed by atoms with Gasteiger partial charge < -0.3 is 0 Å². The van der Waals surface area contributed by atoms with Crippen LogP contribution in [0.2, 0.25) is 19.6 Å². The van der Waals surface area contributed by atoms with Crippen molar-refractivity contribution < 1.29 is 9.59 Å². The van der Waals surface area contributed by atoms with E-state index in [4.69, 9.17) is 0 Å². The van der Waals surface area contributed by atoms with Crippen LogP contribution in [0.3, 0.4) is 0 Å². The van der Waals surface area contributed by atoms with E-state index in [2.05, 4.69) is 43.2 Å². The van der Waals surface area contributed by atoms with Crippen molar-refractivity contribution in [3.63, 3.8) is 0 Å². The van der Waals surface area contributed by atoms with E-state index < -0.39 is 24.3 Å². The molecule has 0 aromatic heterocycles. The van der Waals surface area contributed by atoms with E-state index in [0.717, 1.165) is 18.4 Å². The molecular weight excluding hydrogens is 388 g/mol. The Morgan fingerprint density at radius 2 is 1.70 bits per heavy atom. The molecular formula is C25H28N2O2Si. The molecule has 0 aromatic carbocycles. The molecule has 0 radical (unpaired) electrons. The largest absolute Gasteiger partial charge is 0.293 e. The first-order chi connectivity index (χ1) is 13.8. The first kappa shape index (κ1) is 22.0. The van der Waals surface area contributed by atoms with Crippen LogP contribution in [0.25, 0.3) is 0 Å². The fraction of sp³-hybridized carbons (Fsp3) is 0.520. The van der Waals surface area contributed by atoms with Gasteiger partial charge in [0.1, 0.15) is 20.2 Å². The summed E-state index contributed by atoms with van der Waals surface area (Å²) in [7, 11) is -1.58. The molecule has 0 heterocycles. The second kappa shape index (κ2) is 6.94. The fourth-order valence-electron chi connectivity index (χ4n) is 5.60. The van der Waals surface area contributed by atoms with Gasteiger partial charge in [0, 0.05) is 22.7 Å². The minimum absolute atomic E-state index is 0.0243. The van der Waals surface area contributed by atoms with Crippen molar-refractivity contribution in [1.82, 2.24) is 0 Å². The van der Waals surface area contributed by atoms with E-state index in [1.54, 1.807) is 12.2 Å². The Morgan fingerprint density at radius 3 is 2.27 bits per heavy atom. The number of hydrogen-bond donors (Lipinski definition) is 0. The Hall–Kier alpha value is -2.68. The number of ketones is 2. The highest BCUT2D eigenvalue weighted by Crippen LogP contribution is 2.64. The molecule has 3 aliphatic rings. The molecule has 0 spiro atoms. The van der Waals surface area contributed by atoms with Crippen molar-refractivity contribution in [2.75, 3.05) is 0 Å². The summed E-state index contributed by atoms with van der Waals surface area (Å²) in [6.07, 6.45) is 7.21. The zero-order valence-corrected chi connectivity index (χ0v) is 19.6. The Morgan fingerprint density at radius 1 is 1.07 bits per heavy atom. The summed E-state index contributed by atoms with van der Waals surface area (Å²) in [5, 5.41) is 19.1. The topological polar surface area (TPSA) is 81.7 Å². The van der Waals surface area contributed by atoms with Gasteiger partial charge in [-0.05, 0) is 30.4 Å². The first-order valence-electron chi connectivity index (χ1n) is 10.4. The summed E-state index contributed by atoms with van der Waals surface area (Å²) >= 11 is 0. The number of rotatable bonds is 1. The Bertz CT molecular complexity index is 1080. The molecule has 0 aromatic rings. The molecule has 5 heteroatoms. The Balaban J connectivity index is 2.23. The lowest BCUT2D eigenvalue weighted by Crippen LogP contribution is -2.53. The smallest absolute Gasteiger partial charge is 0.196 e. The summed E-state index contributed by atoms with van der Waals surface area (Å²) in [5.41, 5.74) is 2.78. The number of fused-ring (bicyclic) bond motifs is 3. The van der Waals surface area contributed by atoms with E-state index >= 15 is 0 Å². The van der Waals surface area contributed by atoms with Gasteiger partial charge in [0.2, 0.25) is 0 Å². The van der Waals surface area contributed by atoms with Crippen molar-refractivity contribution in [3.8, 4) is 23.6 Å². The van der Waals surface area contributed by atoms with Gasteiger partial charge in [-0.15, -0.1) is 11.5 Å². The van der Waals surface area contributed by atoms with Crippen molar-refractivity contribution in [2.24, 2.45) is 22.2 Å². The van der Waals surface area contributed by atoms with Gasteiger partial charge in [-0.2, -0.15) is 10.5 Å². The van der Waals surface area contributed by atoms with Gasteiger partial charge >= 0.3 is 0 Å². The lowest BCUT2D eigenvalue weighted by molar-refractivity contribution is -0.130. The molecule has 1 fully saturated rings. The van der Waals surface area contributed by atoms with Gasteiger partial charge in [0.05, 0.1) is 11.1 Å². The molecule has 0 N–H and O–H groups in total. The lowest BCUT2D eigenvalue weighted by atomic mass is 9.45. The van der Waals surface area contributed by atoms with Crippen LogP contribution < -0.4 is 0 Å². The summed E-state index contributed by atoms with van der Waals surface area (Å²) in [4.78, 5) is 25.6. The molecule has 0 unspecified atom stereocenters. The second-order valence-electron chi connectivity index (χ2n) is 10.6. The molecule has 3 atom stereocenters. The number of allylic oxidation sites excluding steroid dienone is 6. The number of nitriles is 2. The quantitative estimate of drug-likeness (QED) is 0.459. The van der Waals surface area contributed by atoms with Crippen LogP contribution in [0.1, 0.15) is 40.0 Å². The van der Waals surface area contributed by atoms with E-state index in [1.807, 2.05) is 26.8 Å². The van der Waals surface area contributed by atoms with Gasteiger partial charge in [-0.3, -0.25) is 9.59 Å². The van der Waals surface area contributed by atoms with Crippen LogP contribution in [0.5, 0.6) is 0 Å². The monoisotopic (exact) mass is 416 g/mol. The highest BCUT2D eigenvalue weighted by molar-refractivity contribution is 6.83. The molecule has 3 rings (SSSR count). The predicted molar refractivity (Wildman–Crippen MR) is 118 cm³/mol. The second-order valence-corrected chi connectivity index (χ2v) is 15.3. The van der Waals surface area contributed by atoms with Crippen LogP contribution in [0.15, 0.2) is 34.9 Å². The third kappa shape index (κ3) is 3.30. The first-order valence-corrected chi connectivity index (χ1v) is 13.9. The molecule has 0 amide bonds. The third-order valence-corrected chi connectivity index (χ3v) is 7.86. The Labute approximate surface area is 180 Å². The maximum absolute atomic E-state index is 12.9. The van der Waals surface area contributed by atoms with Crippen LogP contribution in [-0.4, -0.2) is 19.6 Å². The highest BCUT2D eigenvalue weighted by atomic mass is 28.3. The molecule has 4 nitrogen and oxygen atoms in total. The third-order valence-electron chi connectivity index (χ3n) is 6.93. The molecule has 0 bridgehead atoms. The number of Topliss-reactive ketones (excluding diaryl/α,β-unsaturated/α-hetero) is 1. The number of carbonyl (C=O) groups excluding carboxylic acids is 2. The van der Waals surface area contributed by atoms with E-state index in [1.165, 1.54) is 0 Å².